The molecule has 2 rings (SSSR count). The van der Waals surface area contributed by atoms with Crippen molar-refractivity contribution in [2.45, 2.75) is 12.5 Å². The third-order valence-electron chi connectivity index (χ3n) is 2.05. The maximum atomic E-state index is 6.00. The van der Waals surface area contributed by atoms with Gasteiger partial charge in [0.2, 0.25) is 0 Å². The van der Waals surface area contributed by atoms with E-state index in [1.165, 1.54) is 0 Å². The number of pyridine rings is 1. The molecule has 0 amide bonds. The Kier molecular flexibility index (Phi) is 3.45. The van der Waals surface area contributed by atoms with E-state index in [0.29, 0.717) is 0 Å². The molecule has 2 aromatic heterocycles. The Balaban J connectivity index is 2.06. The molecule has 0 fully saturated rings. The molecule has 0 aliphatic heterocycles. The van der Waals surface area contributed by atoms with Crippen molar-refractivity contribution in [3.63, 3.8) is 0 Å². The van der Waals surface area contributed by atoms with Crippen LogP contribution in [0, 0.1) is 0 Å². The third-order valence-corrected chi connectivity index (χ3v) is 3.12. The Labute approximate surface area is 101 Å². The monoisotopic (exact) mass is 283 g/mol. The molecular weight excluding hydrogens is 274 g/mol. The average Bonchev–Trinajstić information content (AvgIpc) is 2.74. The summed E-state index contributed by atoms with van der Waals surface area (Å²) in [7, 11) is 0. The second-order valence-electron chi connectivity index (χ2n) is 3.19. The SMILES string of the molecule is NC(Cc1ccc(Br)cn1)c1cscn1. The van der Waals surface area contributed by atoms with Gasteiger partial charge in [0.25, 0.3) is 0 Å². The van der Waals surface area contributed by atoms with Crippen molar-refractivity contribution in [1.29, 1.82) is 0 Å². The molecule has 2 heterocycles. The van der Waals surface area contributed by atoms with Crippen LogP contribution < -0.4 is 5.73 Å². The van der Waals surface area contributed by atoms with Gasteiger partial charge in [0.15, 0.2) is 0 Å². The van der Waals surface area contributed by atoms with Gasteiger partial charge in [-0.1, -0.05) is 0 Å². The van der Waals surface area contributed by atoms with Crippen LogP contribution in [-0.2, 0) is 6.42 Å². The van der Waals surface area contributed by atoms with Crippen molar-refractivity contribution in [2.75, 3.05) is 0 Å². The number of nitrogens with zero attached hydrogens (tertiary/aromatic N) is 2. The highest BCUT2D eigenvalue weighted by molar-refractivity contribution is 9.10. The largest absolute Gasteiger partial charge is 0.322 e. The van der Waals surface area contributed by atoms with E-state index < -0.39 is 0 Å². The Morgan fingerprint density at radius 3 is 2.87 bits per heavy atom. The van der Waals surface area contributed by atoms with Gasteiger partial charge in [0.05, 0.1) is 17.2 Å². The molecule has 2 aromatic rings. The molecule has 1 atom stereocenters. The third kappa shape index (κ3) is 2.84. The van der Waals surface area contributed by atoms with Gasteiger partial charge < -0.3 is 5.73 Å². The molecule has 0 aliphatic rings. The summed E-state index contributed by atoms with van der Waals surface area (Å²) in [4.78, 5) is 8.46. The van der Waals surface area contributed by atoms with Crippen molar-refractivity contribution in [3.05, 3.63) is 45.1 Å². The zero-order valence-corrected chi connectivity index (χ0v) is 10.3. The molecule has 78 valence electrons. The minimum absolute atomic E-state index is 0.0649. The Hall–Kier alpha value is -0.780. The molecule has 0 spiro atoms. The second-order valence-corrected chi connectivity index (χ2v) is 4.83. The lowest BCUT2D eigenvalue weighted by molar-refractivity contribution is 0.688. The van der Waals surface area contributed by atoms with Gasteiger partial charge in [-0.3, -0.25) is 4.98 Å². The first-order chi connectivity index (χ1) is 7.25. The summed E-state index contributed by atoms with van der Waals surface area (Å²) in [5.41, 5.74) is 9.72. The van der Waals surface area contributed by atoms with E-state index in [2.05, 4.69) is 25.9 Å². The summed E-state index contributed by atoms with van der Waals surface area (Å²) >= 11 is 4.91. The van der Waals surface area contributed by atoms with E-state index in [1.54, 1.807) is 23.0 Å². The van der Waals surface area contributed by atoms with Crippen LogP contribution in [0.15, 0.2) is 33.7 Å². The number of halogens is 1. The van der Waals surface area contributed by atoms with E-state index >= 15 is 0 Å². The maximum Gasteiger partial charge on any atom is 0.0795 e. The topological polar surface area (TPSA) is 51.8 Å². The molecule has 0 saturated heterocycles. The summed E-state index contributed by atoms with van der Waals surface area (Å²) in [6.07, 6.45) is 2.50. The molecular formula is C10H10BrN3S. The zero-order chi connectivity index (χ0) is 10.7. The van der Waals surface area contributed by atoms with Crippen LogP contribution in [-0.4, -0.2) is 9.97 Å². The molecule has 2 N–H and O–H groups in total. The van der Waals surface area contributed by atoms with Crippen LogP contribution in [0.3, 0.4) is 0 Å². The van der Waals surface area contributed by atoms with E-state index in [-0.39, 0.29) is 6.04 Å². The van der Waals surface area contributed by atoms with Crippen molar-refractivity contribution in [2.24, 2.45) is 5.73 Å². The summed E-state index contributed by atoms with van der Waals surface area (Å²) in [6, 6.07) is 3.87. The van der Waals surface area contributed by atoms with Gasteiger partial charge in [-0.2, -0.15) is 0 Å². The lowest BCUT2D eigenvalue weighted by Crippen LogP contribution is -2.14. The lowest BCUT2D eigenvalue weighted by atomic mass is 10.1. The highest BCUT2D eigenvalue weighted by atomic mass is 79.9. The van der Waals surface area contributed by atoms with Crippen LogP contribution in [0.5, 0.6) is 0 Å². The van der Waals surface area contributed by atoms with Crippen molar-refractivity contribution in [3.8, 4) is 0 Å². The predicted molar refractivity (Wildman–Crippen MR) is 64.7 cm³/mol. The molecule has 3 nitrogen and oxygen atoms in total. The molecule has 1 unspecified atom stereocenters. The van der Waals surface area contributed by atoms with E-state index in [0.717, 1.165) is 22.3 Å². The molecule has 5 heteroatoms. The molecule has 0 aromatic carbocycles. The molecule has 0 radical (unpaired) electrons. The first-order valence-corrected chi connectivity index (χ1v) is 6.23. The van der Waals surface area contributed by atoms with Crippen molar-refractivity contribution < 1.29 is 0 Å². The van der Waals surface area contributed by atoms with Crippen LogP contribution in [0.4, 0.5) is 0 Å². The first-order valence-electron chi connectivity index (χ1n) is 4.50. The number of rotatable bonds is 3. The van der Waals surface area contributed by atoms with Gasteiger partial charge in [0, 0.05) is 28.2 Å². The van der Waals surface area contributed by atoms with Crippen LogP contribution in [0.2, 0.25) is 0 Å². The second kappa shape index (κ2) is 4.83. The highest BCUT2D eigenvalue weighted by Crippen LogP contribution is 2.16. The Morgan fingerprint density at radius 2 is 2.27 bits per heavy atom. The van der Waals surface area contributed by atoms with E-state index in [9.17, 15) is 0 Å². The first kappa shape index (κ1) is 10.7. The quantitative estimate of drug-likeness (QED) is 0.942. The Bertz CT molecular complexity index is 413. The number of thiazole rings is 1. The van der Waals surface area contributed by atoms with Crippen molar-refractivity contribution in [1.82, 2.24) is 9.97 Å². The fourth-order valence-electron chi connectivity index (χ4n) is 1.26. The highest BCUT2D eigenvalue weighted by Gasteiger charge is 2.09. The molecule has 0 saturated carbocycles. The summed E-state index contributed by atoms with van der Waals surface area (Å²) in [5.74, 6) is 0. The average molecular weight is 284 g/mol. The fourth-order valence-corrected chi connectivity index (χ4v) is 2.12. The smallest absolute Gasteiger partial charge is 0.0795 e. The minimum Gasteiger partial charge on any atom is -0.322 e. The number of hydrogen-bond acceptors (Lipinski definition) is 4. The van der Waals surface area contributed by atoms with Gasteiger partial charge >= 0.3 is 0 Å². The number of hydrogen-bond donors (Lipinski definition) is 1. The van der Waals surface area contributed by atoms with E-state index in [1.807, 2.05) is 17.5 Å². The van der Waals surface area contributed by atoms with Gasteiger partial charge in [-0.05, 0) is 28.1 Å². The maximum absolute atomic E-state index is 6.00. The zero-order valence-electron chi connectivity index (χ0n) is 7.93. The van der Waals surface area contributed by atoms with Gasteiger partial charge in [-0.15, -0.1) is 11.3 Å². The number of aromatic nitrogens is 2. The van der Waals surface area contributed by atoms with Crippen molar-refractivity contribution >= 4 is 27.3 Å². The van der Waals surface area contributed by atoms with E-state index in [4.69, 9.17) is 5.73 Å². The lowest BCUT2D eigenvalue weighted by Gasteiger charge is -2.07. The number of nitrogens with two attached hydrogens (primary N) is 1. The fraction of sp³-hybridized carbons (Fsp3) is 0.200. The van der Waals surface area contributed by atoms with Gasteiger partial charge in [-0.25, -0.2) is 4.98 Å². The standard InChI is InChI=1S/C10H10BrN3S/c11-7-1-2-8(13-4-7)3-9(12)10-5-15-6-14-10/h1-2,4-6,9H,3,12H2. The van der Waals surface area contributed by atoms with Gasteiger partial charge in [0.1, 0.15) is 0 Å². The molecule has 15 heavy (non-hydrogen) atoms. The molecule has 0 bridgehead atoms. The van der Waals surface area contributed by atoms with Crippen LogP contribution in [0.25, 0.3) is 0 Å². The normalized spacial score (nSPS) is 12.7. The minimum atomic E-state index is -0.0649. The summed E-state index contributed by atoms with van der Waals surface area (Å²) in [5, 5.41) is 1.98. The Morgan fingerprint density at radius 1 is 1.40 bits per heavy atom. The summed E-state index contributed by atoms with van der Waals surface area (Å²) < 4.78 is 0.980. The summed E-state index contributed by atoms with van der Waals surface area (Å²) in [6.45, 7) is 0. The van der Waals surface area contributed by atoms with Crippen LogP contribution in [0.1, 0.15) is 17.4 Å². The predicted octanol–water partition coefficient (Wildman–Crippen LogP) is 2.54. The van der Waals surface area contributed by atoms with Crippen LogP contribution >= 0.6 is 27.3 Å². The molecule has 0 aliphatic carbocycles.